The van der Waals surface area contributed by atoms with Crippen LogP contribution in [0.15, 0.2) is 12.4 Å². The van der Waals surface area contributed by atoms with Crippen molar-refractivity contribution >= 4 is 0 Å². The zero-order valence-electron chi connectivity index (χ0n) is 30.4. The van der Waals surface area contributed by atoms with Gasteiger partial charge in [0, 0.05) is 25.5 Å². The molecule has 0 aromatic heterocycles. The van der Waals surface area contributed by atoms with E-state index in [1.54, 1.807) is 0 Å². The molecule has 1 aliphatic heterocycles. The van der Waals surface area contributed by atoms with E-state index in [2.05, 4.69) is 43.0 Å². The molecular weight excluding hydrogens is 520 g/mol. The summed E-state index contributed by atoms with van der Waals surface area (Å²) < 4.78 is 0. The van der Waals surface area contributed by atoms with E-state index >= 15 is 0 Å². The summed E-state index contributed by atoms with van der Waals surface area (Å²) in [6.45, 7) is 9.49. The Morgan fingerprint density at radius 3 is 0.814 bits per heavy atom. The summed E-state index contributed by atoms with van der Waals surface area (Å²) in [7, 11) is 0. The van der Waals surface area contributed by atoms with Gasteiger partial charge in [-0.3, -0.25) is 0 Å². The van der Waals surface area contributed by atoms with Crippen LogP contribution in [0.3, 0.4) is 0 Å². The first kappa shape index (κ1) is 40.4. The van der Waals surface area contributed by atoms with Gasteiger partial charge in [-0.05, 0) is 25.7 Å². The molecule has 0 aliphatic carbocycles. The highest BCUT2D eigenvalue weighted by Crippen LogP contribution is 2.24. The lowest BCUT2D eigenvalue weighted by Crippen LogP contribution is -2.39. The molecular formula is C41H82N2. The van der Waals surface area contributed by atoms with E-state index in [-0.39, 0.29) is 0 Å². The van der Waals surface area contributed by atoms with Gasteiger partial charge in [0.05, 0.1) is 0 Å². The Bertz CT molecular complexity index is 516. The lowest BCUT2D eigenvalue weighted by atomic mass is 10.0. The van der Waals surface area contributed by atoms with Gasteiger partial charge in [0.2, 0.25) is 0 Å². The van der Waals surface area contributed by atoms with Gasteiger partial charge in [-0.25, -0.2) is 0 Å². The Labute approximate surface area is 273 Å². The number of unbranched alkanes of at least 4 members (excludes halogenated alkanes) is 29. The molecule has 1 rings (SSSR count). The van der Waals surface area contributed by atoms with Crippen LogP contribution in [0, 0.1) is 0 Å². The van der Waals surface area contributed by atoms with Crippen molar-refractivity contribution in [2.24, 2.45) is 0 Å². The maximum atomic E-state index is 2.70. The van der Waals surface area contributed by atoms with Crippen LogP contribution in [0.1, 0.15) is 233 Å². The van der Waals surface area contributed by atoms with Gasteiger partial charge in [-0.1, -0.05) is 207 Å². The van der Waals surface area contributed by atoms with Crippen molar-refractivity contribution in [2.75, 3.05) is 13.1 Å². The molecule has 0 aromatic carbocycles. The number of hydrogen-bond acceptors (Lipinski definition) is 2. The Kier molecular flexibility index (Phi) is 30.7. The number of nitrogens with zero attached hydrogens (tertiary/aromatic N) is 2. The Morgan fingerprint density at radius 1 is 0.302 bits per heavy atom. The third kappa shape index (κ3) is 25.2. The molecule has 0 amide bonds. The van der Waals surface area contributed by atoms with E-state index in [4.69, 9.17) is 0 Å². The number of hydrogen-bond donors (Lipinski definition) is 0. The van der Waals surface area contributed by atoms with E-state index < -0.39 is 0 Å². The quantitative estimate of drug-likeness (QED) is 0.0666. The van der Waals surface area contributed by atoms with Gasteiger partial charge in [-0.2, -0.15) is 0 Å². The summed E-state index contributed by atoms with van der Waals surface area (Å²) in [5, 5.41) is 0. The summed E-state index contributed by atoms with van der Waals surface area (Å²) >= 11 is 0. The normalized spacial score (nSPS) is 13.7. The van der Waals surface area contributed by atoms with Crippen molar-refractivity contribution in [1.82, 2.24) is 9.80 Å². The molecule has 0 unspecified atom stereocenters. The molecule has 0 aromatic rings. The molecule has 0 spiro atoms. The van der Waals surface area contributed by atoms with Crippen LogP contribution >= 0.6 is 0 Å². The second kappa shape index (κ2) is 32.7. The first-order chi connectivity index (χ1) is 21.3. The molecule has 256 valence electrons. The molecule has 0 saturated carbocycles. The van der Waals surface area contributed by atoms with Crippen LogP contribution in [0.4, 0.5) is 0 Å². The summed E-state index contributed by atoms with van der Waals surface area (Å²) in [6, 6.07) is 0. The van der Waals surface area contributed by atoms with E-state index in [9.17, 15) is 0 Å². The molecule has 0 fully saturated rings. The van der Waals surface area contributed by atoms with Crippen LogP contribution in [0.25, 0.3) is 0 Å². The van der Waals surface area contributed by atoms with Crippen molar-refractivity contribution in [3.8, 4) is 0 Å². The minimum atomic E-state index is 0.640. The molecule has 1 aliphatic rings. The number of rotatable bonds is 35. The van der Waals surface area contributed by atoms with Crippen molar-refractivity contribution in [2.45, 2.75) is 239 Å². The Hall–Kier alpha value is -0.660. The average molecular weight is 603 g/mol. The van der Waals surface area contributed by atoms with Crippen molar-refractivity contribution in [3.63, 3.8) is 0 Å². The lowest BCUT2D eigenvalue weighted by molar-refractivity contribution is 0.135. The maximum Gasteiger partial charge on any atom is 0.101 e. The molecule has 2 nitrogen and oxygen atoms in total. The third-order valence-corrected chi connectivity index (χ3v) is 10.1. The van der Waals surface area contributed by atoms with Gasteiger partial charge in [0.15, 0.2) is 0 Å². The fraction of sp³-hybridized carbons (Fsp3) is 0.951. The predicted molar refractivity (Wildman–Crippen MR) is 196 cm³/mol. The van der Waals surface area contributed by atoms with Gasteiger partial charge >= 0.3 is 0 Å². The SMILES string of the molecule is CCCCCCCCCCCCCCCCN1C=CN(CCCCCCCCCCCCCCCC)C1CCCCCC. The standard InChI is InChI=1S/C41H82N2/c1-4-7-10-13-15-17-19-21-23-25-27-29-31-34-37-42-39-40-43(41(42)36-33-12-9-6-3)38-35-32-30-28-26-24-22-20-18-16-14-11-8-5-2/h39-41H,4-38H2,1-3H3. The highest BCUT2D eigenvalue weighted by Gasteiger charge is 2.24. The minimum absolute atomic E-state index is 0.640. The summed E-state index contributed by atoms with van der Waals surface area (Å²) in [4.78, 5) is 5.41. The van der Waals surface area contributed by atoms with Gasteiger partial charge in [0.25, 0.3) is 0 Å². The molecule has 43 heavy (non-hydrogen) atoms. The summed E-state index contributed by atoms with van der Waals surface area (Å²) in [5.74, 6) is 0. The molecule has 0 saturated heterocycles. The fourth-order valence-electron chi connectivity index (χ4n) is 7.07. The van der Waals surface area contributed by atoms with Gasteiger partial charge < -0.3 is 9.80 Å². The highest BCUT2D eigenvalue weighted by molar-refractivity contribution is 4.97. The van der Waals surface area contributed by atoms with Crippen LogP contribution in [-0.4, -0.2) is 29.1 Å². The summed E-state index contributed by atoms with van der Waals surface area (Å²) in [5.41, 5.74) is 0. The molecule has 0 N–H and O–H groups in total. The topological polar surface area (TPSA) is 6.48 Å². The first-order valence-corrected chi connectivity index (χ1v) is 20.5. The molecule has 0 bridgehead atoms. The Balaban J connectivity index is 2.07. The van der Waals surface area contributed by atoms with E-state index in [0.717, 1.165) is 0 Å². The van der Waals surface area contributed by atoms with Crippen molar-refractivity contribution < 1.29 is 0 Å². The second-order valence-corrected chi connectivity index (χ2v) is 14.3. The maximum absolute atomic E-state index is 2.70. The fourth-order valence-corrected chi connectivity index (χ4v) is 7.07. The van der Waals surface area contributed by atoms with Crippen molar-refractivity contribution in [1.29, 1.82) is 0 Å². The van der Waals surface area contributed by atoms with Crippen LogP contribution in [-0.2, 0) is 0 Å². The predicted octanol–water partition coefficient (Wildman–Crippen LogP) is 14.3. The molecule has 0 radical (unpaired) electrons. The molecule has 1 heterocycles. The van der Waals surface area contributed by atoms with Crippen LogP contribution in [0.5, 0.6) is 0 Å². The Morgan fingerprint density at radius 2 is 0.535 bits per heavy atom. The van der Waals surface area contributed by atoms with Crippen LogP contribution < -0.4 is 0 Å². The second-order valence-electron chi connectivity index (χ2n) is 14.3. The zero-order chi connectivity index (χ0) is 30.9. The first-order valence-electron chi connectivity index (χ1n) is 20.5. The molecule has 0 atom stereocenters. The van der Waals surface area contributed by atoms with Crippen molar-refractivity contribution in [3.05, 3.63) is 12.4 Å². The minimum Gasteiger partial charge on any atom is -0.356 e. The average Bonchev–Trinajstić information content (AvgIpc) is 3.40. The lowest BCUT2D eigenvalue weighted by Gasteiger charge is -2.33. The van der Waals surface area contributed by atoms with Gasteiger partial charge in [0.1, 0.15) is 6.17 Å². The van der Waals surface area contributed by atoms with E-state index in [1.807, 2.05) is 0 Å². The largest absolute Gasteiger partial charge is 0.356 e. The smallest absolute Gasteiger partial charge is 0.101 e. The molecule has 2 heteroatoms. The van der Waals surface area contributed by atoms with Gasteiger partial charge in [-0.15, -0.1) is 0 Å². The monoisotopic (exact) mass is 603 g/mol. The van der Waals surface area contributed by atoms with E-state index in [1.165, 1.54) is 225 Å². The zero-order valence-corrected chi connectivity index (χ0v) is 30.4. The van der Waals surface area contributed by atoms with Crippen LogP contribution in [0.2, 0.25) is 0 Å². The summed E-state index contributed by atoms with van der Waals surface area (Å²) in [6.07, 6.45) is 52.9. The third-order valence-electron chi connectivity index (χ3n) is 10.1. The van der Waals surface area contributed by atoms with E-state index in [0.29, 0.717) is 6.17 Å². The highest BCUT2D eigenvalue weighted by atomic mass is 15.4.